The van der Waals surface area contributed by atoms with Crippen LogP contribution in [0.4, 0.5) is 0 Å². The van der Waals surface area contributed by atoms with Crippen molar-refractivity contribution in [1.29, 1.82) is 0 Å². The molecule has 0 aliphatic rings. The van der Waals surface area contributed by atoms with E-state index in [1.165, 1.54) is 5.57 Å². The van der Waals surface area contributed by atoms with E-state index < -0.39 is 0 Å². The Balaban J connectivity index is 3.92. The van der Waals surface area contributed by atoms with Gasteiger partial charge in [0.25, 0.3) is 0 Å². The zero-order chi connectivity index (χ0) is 7.98. The number of carbonyl (C=O) groups is 1. The molecular weight excluding hydrogens is 124 g/mol. The summed E-state index contributed by atoms with van der Waals surface area (Å²) >= 11 is 0. The molecule has 58 valence electrons. The molecule has 0 aliphatic heterocycles. The lowest BCUT2D eigenvalue weighted by Gasteiger charge is -2.00. The zero-order valence-corrected chi connectivity index (χ0v) is 7.05. The van der Waals surface area contributed by atoms with Crippen molar-refractivity contribution >= 4 is 6.29 Å². The summed E-state index contributed by atoms with van der Waals surface area (Å²) in [5, 5.41) is 0. The van der Waals surface area contributed by atoms with E-state index in [2.05, 4.69) is 13.8 Å². The molecular formula is C9H16O. The molecule has 0 aliphatic carbocycles. The number of rotatable bonds is 4. The molecule has 0 saturated heterocycles. The lowest BCUT2D eigenvalue weighted by molar-refractivity contribution is -0.110. The van der Waals surface area contributed by atoms with Crippen LogP contribution in [-0.4, -0.2) is 6.29 Å². The largest absolute Gasteiger partial charge is 0.303 e. The van der Waals surface area contributed by atoms with E-state index in [1.54, 1.807) is 0 Å². The monoisotopic (exact) mass is 140 g/mol. The summed E-state index contributed by atoms with van der Waals surface area (Å²) in [6.45, 7) is 6.19. The molecule has 1 unspecified atom stereocenters. The maximum absolute atomic E-state index is 10.3. The van der Waals surface area contributed by atoms with Crippen molar-refractivity contribution in [1.82, 2.24) is 0 Å². The van der Waals surface area contributed by atoms with E-state index in [0.717, 1.165) is 19.1 Å². The second-order valence-corrected chi connectivity index (χ2v) is 2.57. The van der Waals surface area contributed by atoms with Crippen LogP contribution in [0.3, 0.4) is 0 Å². The van der Waals surface area contributed by atoms with Crippen LogP contribution in [0.15, 0.2) is 11.6 Å². The van der Waals surface area contributed by atoms with Gasteiger partial charge in [-0.2, -0.15) is 0 Å². The Morgan fingerprint density at radius 1 is 1.50 bits per heavy atom. The van der Waals surface area contributed by atoms with Crippen molar-refractivity contribution in [3.05, 3.63) is 11.6 Å². The standard InChI is InChI=1S/C9H16O/c1-4-8(3)6-9(5-2)7-10/h6-7,9H,4-5H2,1-3H3. The van der Waals surface area contributed by atoms with Crippen molar-refractivity contribution in [2.24, 2.45) is 5.92 Å². The van der Waals surface area contributed by atoms with E-state index in [4.69, 9.17) is 0 Å². The average Bonchev–Trinajstić information content (AvgIpc) is 1.99. The molecule has 0 spiro atoms. The molecule has 0 bridgehead atoms. The van der Waals surface area contributed by atoms with Gasteiger partial charge in [-0.1, -0.05) is 25.5 Å². The van der Waals surface area contributed by atoms with Gasteiger partial charge in [-0.05, 0) is 19.8 Å². The number of aldehydes is 1. The minimum atomic E-state index is 0.139. The highest BCUT2D eigenvalue weighted by Gasteiger charge is 1.98. The first kappa shape index (κ1) is 9.41. The van der Waals surface area contributed by atoms with E-state index in [9.17, 15) is 4.79 Å². The fraction of sp³-hybridized carbons (Fsp3) is 0.667. The fourth-order valence-electron chi connectivity index (χ4n) is 0.737. The predicted octanol–water partition coefficient (Wildman–Crippen LogP) is 2.57. The summed E-state index contributed by atoms with van der Waals surface area (Å²) in [5.74, 6) is 0.139. The van der Waals surface area contributed by atoms with Crippen LogP contribution in [0.25, 0.3) is 0 Å². The van der Waals surface area contributed by atoms with E-state index >= 15 is 0 Å². The Bertz CT molecular complexity index is 125. The van der Waals surface area contributed by atoms with Gasteiger partial charge in [0.15, 0.2) is 0 Å². The zero-order valence-electron chi connectivity index (χ0n) is 7.05. The average molecular weight is 140 g/mol. The second-order valence-electron chi connectivity index (χ2n) is 2.57. The molecule has 0 saturated carbocycles. The lowest BCUT2D eigenvalue weighted by atomic mass is 10.0. The molecule has 0 amide bonds. The number of carbonyl (C=O) groups excluding carboxylic acids is 1. The summed E-state index contributed by atoms with van der Waals surface area (Å²) in [6, 6.07) is 0. The number of hydrogen-bond donors (Lipinski definition) is 0. The van der Waals surface area contributed by atoms with Gasteiger partial charge in [-0.3, -0.25) is 0 Å². The molecule has 1 atom stereocenters. The quantitative estimate of drug-likeness (QED) is 0.433. The molecule has 0 rings (SSSR count). The molecule has 1 nitrogen and oxygen atoms in total. The molecule has 0 N–H and O–H groups in total. The molecule has 0 aromatic rings. The third kappa shape index (κ3) is 3.44. The lowest BCUT2D eigenvalue weighted by Crippen LogP contribution is -1.95. The van der Waals surface area contributed by atoms with Gasteiger partial charge in [0.05, 0.1) is 0 Å². The molecule has 0 aromatic carbocycles. The smallest absolute Gasteiger partial charge is 0.126 e. The Morgan fingerprint density at radius 3 is 2.40 bits per heavy atom. The normalized spacial score (nSPS) is 14.9. The number of allylic oxidation sites excluding steroid dienone is 2. The van der Waals surface area contributed by atoms with Gasteiger partial charge in [-0.25, -0.2) is 0 Å². The topological polar surface area (TPSA) is 17.1 Å². The highest BCUT2D eigenvalue weighted by molar-refractivity contribution is 5.56. The Hall–Kier alpha value is -0.590. The first-order chi connectivity index (χ1) is 4.74. The van der Waals surface area contributed by atoms with Crippen LogP contribution in [0.1, 0.15) is 33.6 Å². The van der Waals surface area contributed by atoms with Crippen LogP contribution >= 0.6 is 0 Å². The van der Waals surface area contributed by atoms with Gasteiger partial charge in [0.2, 0.25) is 0 Å². The van der Waals surface area contributed by atoms with Gasteiger partial charge in [0.1, 0.15) is 6.29 Å². The molecule has 0 fully saturated rings. The van der Waals surface area contributed by atoms with Gasteiger partial charge in [-0.15, -0.1) is 0 Å². The van der Waals surface area contributed by atoms with E-state index in [-0.39, 0.29) is 5.92 Å². The Morgan fingerprint density at radius 2 is 2.10 bits per heavy atom. The van der Waals surface area contributed by atoms with E-state index in [0.29, 0.717) is 0 Å². The first-order valence-electron chi connectivity index (χ1n) is 3.87. The fourth-order valence-corrected chi connectivity index (χ4v) is 0.737. The minimum absolute atomic E-state index is 0.139. The highest BCUT2D eigenvalue weighted by atomic mass is 16.1. The highest BCUT2D eigenvalue weighted by Crippen LogP contribution is 2.06. The van der Waals surface area contributed by atoms with Crippen molar-refractivity contribution in [2.45, 2.75) is 33.6 Å². The van der Waals surface area contributed by atoms with Gasteiger partial charge in [0, 0.05) is 5.92 Å². The summed E-state index contributed by atoms with van der Waals surface area (Å²) in [5.41, 5.74) is 1.30. The third-order valence-electron chi connectivity index (χ3n) is 1.70. The molecule has 0 radical (unpaired) electrons. The van der Waals surface area contributed by atoms with Crippen molar-refractivity contribution in [2.75, 3.05) is 0 Å². The maximum Gasteiger partial charge on any atom is 0.126 e. The first-order valence-corrected chi connectivity index (χ1v) is 3.87. The van der Waals surface area contributed by atoms with Crippen LogP contribution < -0.4 is 0 Å². The predicted molar refractivity (Wildman–Crippen MR) is 43.9 cm³/mol. The minimum Gasteiger partial charge on any atom is -0.303 e. The van der Waals surface area contributed by atoms with Crippen LogP contribution in [0.5, 0.6) is 0 Å². The van der Waals surface area contributed by atoms with Gasteiger partial charge < -0.3 is 4.79 Å². The summed E-state index contributed by atoms with van der Waals surface area (Å²) in [7, 11) is 0. The van der Waals surface area contributed by atoms with Crippen molar-refractivity contribution in [3.8, 4) is 0 Å². The van der Waals surface area contributed by atoms with E-state index in [1.807, 2.05) is 13.0 Å². The second kappa shape index (κ2) is 5.21. The van der Waals surface area contributed by atoms with Crippen molar-refractivity contribution in [3.63, 3.8) is 0 Å². The maximum atomic E-state index is 10.3. The van der Waals surface area contributed by atoms with Crippen LogP contribution in [0, 0.1) is 5.92 Å². The Kier molecular flexibility index (Phi) is 4.91. The summed E-state index contributed by atoms with van der Waals surface area (Å²) in [6.07, 6.45) is 5.03. The third-order valence-corrected chi connectivity index (χ3v) is 1.70. The molecule has 10 heavy (non-hydrogen) atoms. The Labute approximate surface area is 63.1 Å². The molecule has 0 heterocycles. The molecule has 0 aromatic heterocycles. The van der Waals surface area contributed by atoms with Crippen molar-refractivity contribution < 1.29 is 4.79 Å². The summed E-state index contributed by atoms with van der Waals surface area (Å²) in [4.78, 5) is 10.3. The molecule has 1 heteroatoms. The SMILES string of the molecule is CCC(C)=CC(C=O)CC. The summed E-state index contributed by atoms with van der Waals surface area (Å²) < 4.78 is 0. The van der Waals surface area contributed by atoms with Crippen LogP contribution in [0.2, 0.25) is 0 Å². The number of hydrogen-bond acceptors (Lipinski definition) is 1. The van der Waals surface area contributed by atoms with Gasteiger partial charge >= 0.3 is 0 Å². The van der Waals surface area contributed by atoms with Crippen LogP contribution in [-0.2, 0) is 4.79 Å².